The van der Waals surface area contributed by atoms with Crippen molar-refractivity contribution >= 4 is 38.6 Å². The summed E-state index contributed by atoms with van der Waals surface area (Å²) < 4.78 is 43.5. The molecule has 2 aromatic heterocycles. The van der Waals surface area contributed by atoms with Gasteiger partial charge in [0.2, 0.25) is 0 Å². The quantitative estimate of drug-likeness (QED) is 0.381. The summed E-state index contributed by atoms with van der Waals surface area (Å²) in [4.78, 5) is 15.7. The van der Waals surface area contributed by atoms with Crippen molar-refractivity contribution in [3.8, 4) is 11.5 Å². The monoisotopic (exact) mass is 452 g/mol. The van der Waals surface area contributed by atoms with Crippen molar-refractivity contribution in [3.05, 3.63) is 47.2 Å². The number of nitrogens with zero attached hydrogens (tertiary/aromatic N) is 2. The Balaban J connectivity index is 2.15. The Morgan fingerprint density at radius 2 is 1.73 bits per heavy atom. The van der Waals surface area contributed by atoms with Crippen LogP contribution in [0.2, 0.25) is 5.15 Å². The van der Waals surface area contributed by atoms with Crippen molar-refractivity contribution in [3.63, 3.8) is 0 Å². The van der Waals surface area contributed by atoms with E-state index < -0.39 is 10.0 Å². The number of methoxy groups -OCH3 is 3. The average molecular weight is 453 g/mol. The smallest absolute Gasteiger partial charge is 0.305 e. The number of pyridine rings is 1. The molecule has 0 spiro atoms. The summed E-state index contributed by atoms with van der Waals surface area (Å²) in [7, 11) is 0.171. The van der Waals surface area contributed by atoms with E-state index in [1.54, 1.807) is 18.2 Å². The Labute approximate surface area is 179 Å². The van der Waals surface area contributed by atoms with Gasteiger partial charge in [0, 0.05) is 30.3 Å². The molecule has 0 saturated heterocycles. The van der Waals surface area contributed by atoms with E-state index in [2.05, 4.69) is 9.72 Å². The van der Waals surface area contributed by atoms with E-state index in [0.29, 0.717) is 41.1 Å². The van der Waals surface area contributed by atoms with Gasteiger partial charge in [0.05, 0.1) is 37.3 Å². The lowest BCUT2D eigenvalue weighted by atomic mass is 10.2. The zero-order valence-electron chi connectivity index (χ0n) is 16.7. The van der Waals surface area contributed by atoms with Crippen molar-refractivity contribution in [1.29, 1.82) is 0 Å². The number of halogens is 1. The number of aryl methyl sites for hydroxylation is 1. The lowest BCUT2D eigenvalue weighted by Crippen LogP contribution is -2.16. The van der Waals surface area contributed by atoms with E-state index in [1.165, 1.54) is 43.5 Å². The van der Waals surface area contributed by atoms with Crippen LogP contribution in [0.1, 0.15) is 18.5 Å². The highest BCUT2D eigenvalue weighted by Crippen LogP contribution is 2.31. The van der Waals surface area contributed by atoms with Gasteiger partial charge < -0.3 is 14.2 Å². The van der Waals surface area contributed by atoms with Gasteiger partial charge >= 0.3 is 5.97 Å². The second-order valence-electron chi connectivity index (χ2n) is 6.42. The van der Waals surface area contributed by atoms with Crippen molar-refractivity contribution in [2.75, 3.05) is 21.3 Å². The van der Waals surface area contributed by atoms with Gasteiger partial charge in [0.25, 0.3) is 10.0 Å². The third-order valence-electron chi connectivity index (χ3n) is 4.56. The maximum absolute atomic E-state index is 13.6. The predicted octanol–water partition coefficient (Wildman–Crippen LogP) is 3.44. The number of ether oxygens (including phenoxy) is 3. The summed E-state index contributed by atoms with van der Waals surface area (Å²) in [6.07, 6.45) is 0.899. The molecule has 2 heterocycles. The number of carbonyl (C=O) groups excluding carboxylic acids is 1. The minimum atomic E-state index is -4.03. The molecule has 0 atom stereocenters. The molecule has 0 aliphatic heterocycles. The van der Waals surface area contributed by atoms with Gasteiger partial charge in [-0.3, -0.25) is 4.79 Å². The van der Waals surface area contributed by atoms with Gasteiger partial charge in [0.15, 0.2) is 0 Å². The van der Waals surface area contributed by atoms with Gasteiger partial charge in [-0.1, -0.05) is 11.6 Å². The lowest BCUT2D eigenvalue weighted by molar-refractivity contribution is -0.140. The Bertz CT molecular complexity index is 1170. The van der Waals surface area contributed by atoms with Crippen LogP contribution in [0.3, 0.4) is 0 Å². The molecule has 0 radical (unpaired) electrons. The second-order valence-corrected chi connectivity index (χ2v) is 8.60. The molecule has 0 bridgehead atoms. The number of aromatic nitrogens is 2. The number of hydrogen-bond acceptors (Lipinski definition) is 7. The summed E-state index contributed by atoms with van der Waals surface area (Å²) >= 11 is 5.99. The fourth-order valence-electron chi connectivity index (χ4n) is 3.10. The Morgan fingerprint density at radius 3 is 2.33 bits per heavy atom. The number of carbonyl (C=O) groups is 1. The molecule has 0 aliphatic carbocycles. The summed E-state index contributed by atoms with van der Waals surface area (Å²) in [6, 6.07) is 9.22. The summed E-state index contributed by atoms with van der Waals surface area (Å²) in [5.41, 5.74) is 1.30. The molecule has 0 fully saturated rings. The molecule has 0 amide bonds. The summed E-state index contributed by atoms with van der Waals surface area (Å²) in [5, 5.41) is 0.251. The molecule has 3 aromatic rings. The van der Waals surface area contributed by atoms with Crippen molar-refractivity contribution in [2.45, 2.75) is 24.2 Å². The minimum absolute atomic E-state index is 0.000341. The van der Waals surface area contributed by atoms with E-state index in [4.69, 9.17) is 21.1 Å². The third-order valence-corrected chi connectivity index (χ3v) is 6.51. The largest absolute Gasteiger partial charge is 0.497 e. The standard InChI is InChI=1S/C20H21ClN2O6S/c1-27-14-10-15(28-2)12-16(11-14)30(25,26)23-13(5-4-6-20(24)29-3)9-17-18(23)7-8-19(21)22-17/h7-12H,4-6H2,1-3H3. The van der Waals surface area contributed by atoms with E-state index in [9.17, 15) is 13.2 Å². The SMILES string of the molecule is COC(=O)CCCc1cc2nc(Cl)ccc2n1S(=O)(=O)c1cc(OC)cc(OC)c1. The topological polar surface area (TPSA) is 96.7 Å². The van der Waals surface area contributed by atoms with Crippen LogP contribution < -0.4 is 9.47 Å². The van der Waals surface area contributed by atoms with Crippen LogP contribution in [0.4, 0.5) is 0 Å². The molecule has 0 N–H and O–H groups in total. The van der Waals surface area contributed by atoms with E-state index in [0.717, 1.165) is 0 Å². The molecule has 10 heteroatoms. The van der Waals surface area contributed by atoms with Crippen LogP contribution in [0, 0.1) is 0 Å². The highest BCUT2D eigenvalue weighted by molar-refractivity contribution is 7.90. The third kappa shape index (κ3) is 4.36. The normalized spacial score (nSPS) is 11.5. The molecule has 3 rings (SSSR count). The Morgan fingerprint density at radius 1 is 1.07 bits per heavy atom. The highest BCUT2D eigenvalue weighted by Gasteiger charge is 2.25. The van der Waals surface area contributed by atoms with Crippen LogP contribution >= 0.6 is 11.6 Å². The number of esters is 1. The molecule has 0 aliphatic rings. The molecule has 1 aromatic carbocycles. The van der Waals surface area contributed by atoms with Crippen LogP contribution in [0.5, 0.6) is 11.5 Å². The molecule has 0 saturated carbocycles. The van der Waals surface area contributed by atoms with Gasteiger partial charge in [-0.2, -0.15) is 0 Å². The summed E-state index contributed by atoms with van der Waals surface area (Å²) in [5.74, 6) is 0.329. The van der Waals surface area contributed by atoms with Crippen LogP contribution in [-0.4, -0.2) is 44.7 Å². The first-order chi connectivity index (χ1) is 14.3. The van der Waals surface area contributed by atoms with E-state index >= 15 is 0 Å². The maximum atomic E-state index is 13.6. The Hall–Kier alpha value is -2.78. The molecule has 160 valence electrons. The predicted molar refractivity (Wildman–Crippen MR) is 112 cm³/mol. The fourth-order valence-corrected chi connectivity index (χ4v) is 4.86. The zero-order valence-corrected chi connectivity index (χ0v) is 18.3. The molecular weight excluding hydrogens is 432 g/mol. The lowest BCUT2D eigenvalue weighted by Gasteiger charge is -2.14. The van der Waals surface area contributed by atoms with Gasteiger partial charge in [-0.05, 0) is 31.0 Å². The van der Waals surface area contributed by atoms with Gasteiger partial charge in [-0.25, -0.2) is 17.4 Å². The van der Waals surface area contributed by atoms with Crippen molar-refractivity contribution in [1.82, 2.24) is 8.96 Å². The van der Waals surface area contributed by atoms with Crippen LogP contribution in [0.25, 0.3) is 11.0 Å². The van der Waals surface area contributed by atoms with E-state index in [1.807, 2.05) is 0 Å². The number of benzene rings is 1. The summed E-state index contributed by atoms with van der Waals surface area (Å²) in [6.45, 7) is 0. The number of rotatable bonds is 8. The van der Waals surface area contributed by atoms with Crippen molar-refractivity contribution in [2.24, 2.45) is 0 Å². The first kappa shape index (κ1) is 21.9. The molecule has 8 nitrogen and oxygen atoms in total. The van der Waals surface area contributed by atoms with Gasteiger partial charge in [-0.15, -0.1) is 0 Å². The van der Waals surface area contributed by atoms with Crippen LogP contribution in [-0.2, 0) is 26.0 Å². The fraction of sp³-hybridized carbons (Fsp3) is 0.300. The molecule has 30 heavy (non-hydrogen) atoms. The number of hydrogen-bond donors (Lipinski definition) is 0. The molecule has 0 unspecified atom stereocenters. The van der Waals surface area contributed by atoms with Gasteiger partial charge in [0.1, 0.15) is 16.7 Å². The van der Waals surface area contributed by atoms with Crippen LogP contribution in [0.15, 0.2) is 41.3 Å². The van der Waals surface area contributed by atoms with Crippen molar-refractivity contribution < 1.29 is 27.4 Å². The Kier molecular flexibility index (Phi) is 6.52. The van der Waals surface area contributed by atoms with E-state index in [-0.39, 0.29) is 22.4 Å². The zero-order chi connectivity index (χ0) is 21.9. The molecular formula is C20H21ClN2O6S. The highest BCUT2D eigenvalue weighted by atomic mass is 35.5. The first-order valence-electron chi connectivity index (χ1n) is 9.02. The average Bonchev–Trinajstić information content (AvgIpc) is 3.10. The first-order valence-corrected chi connectivity index (χ1v) is 10.8. The number of fused-ring (bicyclic) bond motifs is 1. The second kappa shape index (κ2) is 8.93. The minimum Gasteiger partial charge on any atom is -0.497 e. The maximum Gasteiger partial charge on any atom is 0.305 e.